The number of nitrogens with zero attached hydrogens (tertiary/aromatic N) is 5. The molecule has 0 aliphatic carbocycles. The third kappa shape index (κ3) is 3.05. The van der Waals surface area contributed by atoms with Crippen molar-refractivity contribution in [2.24, 2.45) is 0 Å². The zero-order valence-corrected chi connectivity index (χ0v) is 11.8. The number of benzene rings is 1. The Kier molecular flexibility index (Phi) is 3.86. The van der Waals surface area contributed by atoms with Crippen LogP contribution in [0.1, 0.15) is 13.3 Å². The summed E-state index contributed by atoms with van der Waals surface area (Å²) in [4.78, 5) is 13.1. The Bertz CT molecular complexity index is 693. The van der Waals surface area contributed by atoms with Crippen LogP contribution in [0.3, 0.4) is 0 Å². The highest BCUT2D eigenvalue weighted by Gasteiger charge is 2.08. The smallest absolute Gasteiger partial charge is 0.163 e. The first-order valence-corrected chi connectivity index (χ1v) is 6.90. The van der Waals surface area contributed by atoms with E-state index in [1.165, 1.54) is 6.33 Å². The summed E-state index contributed by atoms with van der Waals surface area (Å²) in [5.74, 6) is 2.15. The maximum Gasteiger partial charge on any atom is 0.163 e. The second-order valence-electron chi connectivity index (χ2n) is 4.57. The van der Waals surface area contributed by atoms with E-state index >= 15 is 0 Å². The van der Waals surface area contributed by atoms with E-state index < -0.39 is 0 Å². The monoisotopic (exact) mass is 280 g/mol. The topological polar surface area (TPSA) is 68.5 Å². The molecule has 0 bridgehead atoms. The molecular weight excluding hydrogens is 264 g/mol. The number of hydrogen-bond acceptors (Lipinski definition) is 5. The molecule has 0 saturated heterocycles. The van der Waals surface area contributed by atoms with Gasteiger partial charge in [-0.15, -0.1) is 0 Å². The van der Waals surface area contributed by atoms with Gasteiger partial charge in [0.15, 0.2) is 11.6 Å². The Morgan fingerprint density at radius 1 is 1.14 bits per heavy atom. The van der Waals surface area contributed by atoms with Gasteiger partial charge in [-0.05, 0) is 6.42 Å². The first-order valence-electron chi connectivity index (χ1n) is 6.90. The molecule has 3 rings (SSSR count). The third-order valence-electron chi connectivity index (χ3n) is 2.95. The number of rotatable bonds is 5. The van der Waals surface area contributed by atoms with Crippen LogP contribution in [0.4, 0.5) is 5.82 Å². The van der Waals surface area contributed by atoms with Crippen molar-refractivity contribution in [1.29, 1.82) is 0 Å². The highest BCUT2D eigenvalue weighted by Crippen LogP contribution is 2.19. The van der Waals surface area contributed by atoms with Crippen LogP contribution >= 0.6 is 0 Å². The van der Waals surface area contributed by atoms with Crippen LogP contribution in [0.2, 0.25) is 0 Å². The fraction of sp³-hybridized carbons (Fsp3) is 0.200. The van der Waals surface area contributed by atoms with Crippen molar-refractivity contribution >= 4 is 5.82 Å². The summed E-state index contributed by atoms with van der Waals surface area (Å²) < 4.78 is 1.63. The van der Waals surface area contributed by atoms with Crippen molar-refractivity contribution in [3.8, 4) is 17.2 Å². The highest BCUT2D eigenvalue weighted by molar-refractivity contribution is 5.58. The summed E-state index contributed by atoms with van der Waals surface area (Å²) in [5.41, 5.74) is 0.971. The zero-order chi connectivity index (χ0) is 14.5. The molecular formula is C15H16N6. The first-order chi connectivity index (χ1) is 10.4. The second-order valence-corrected chi connectivity index (χ2v) is 4.57. The van der Waals surface area contributed by atoms with Gasteiger partial charge in [-0.3, -0.25) is 0 Å². The van der Waals surface area contributed by atoms with E-state index in [0.717, 1.165) is 24.3 Å². The molecule has 0 aliphatic rings. The molecule has 0 radical (unpaired) electrons. The summed E-state index contributed by atoms with van der Waals surface area (Å²) in [6, 6.07) is 11.8. The Morgan fingerprint density at radius 2 is 2.00 bits per heavy atom. The molecule has 2 heterocycles. The van der Waals surface area contributed by atoms with Gasteiger partial charge in [0, 0.05) is 18.2 Å². The molecule has 0 fully saturated rings. The molecule has 106 valence electrons. The van der Waals surface area contributed by atoms with Crippen LogP contribution in [0.15, 0.2) is 49.1 Å². The van der Waals surface area contributed by atoms with E-state index in [0.29, 0.717) is 11.6 Å². The lowest BCUT2D eigenvalue weighted by atomic mass is 10.2. The minimum atomic E-state index is 0.669. The fourth-order valence-electron chi connectivity index (χ4n) is 1.94. The summed E-state index contributed by atoms with van der Waals surface area (Å²) in [5, 5.41) is 7.42. The van der Waals surface area contributed by atoms with Gasteiger partial charge in [0.05, 0.1) is 0 Å². The van der Waals surface area contributed by atoms with Crippen molar-refractivity contribution in [3.63, 3.8) is 0 Å². The van der Waals surface area contributed by atoms with Crippen LogP contribution in [-0.2, 0) is 0 Å². The van der Waals surface area contributed by atoms with Gasteiger partial charge in [0.1, 0.15) is 18.5 Å². The number of aromatic nitrogens is 5. The van der Waals surface area contributed by atoms with Crippen molar-refractivity contribution < 1.29 is 0 Å². The van der Waals surface area contributed by atoms with Crippen molar-refractivity contribution in [3.05, 3.63) is 49.1 Å². The average Bonchev–Trinajstić information content (AvgIpc) is 3.08. The maximum atomic E-state index is 4.57. The van der Waals surface area contributed by atoms with E-state index in [2.05, 4.69) is 32.3 Å². The number of anilines is 1. The lowest BCUT2D eigenvalue weighted by Crippen LogP contribution is -2.07. The largest absolute Gasteiger partial charge is 0.370 e. The molecule has 1 aromatic carbocycles. The normalized spacial score (nSPS) is 10.5. The molecule has 1 N–H and O–H groups in total. The van der Waals surface area contributed by atoms with Crippen LogP contribution in [0, 0.1) is 0 Å². The van der Waals surface area contributed by atoms with Gasteiger partial charge < -0.3 is 5.32 Å². The van der Waals surface area contributed by atoms with Gasteiger partial charge in [0.2, 0.25) is 0 Å². The van der Waals surface area contributed by atoms with Crippen LogP contribution in [0.25, 0.3) is 17.2 Å². The number of hydrogen-bond donors (Lipinski definition) is 1. The van der Waals surface area contributed by atoms with E-state index in [1.54, 1.807) is 11.0 Å². The lowest BCUT2D eigenvalue weighted by molar-refractivity contribution is 0.839. The van der Waals surface area contributed by atoms with E-state index in [9.17, 15) is 0 Å². The summed E-state index contributed by atoms with van der Waals surface area (Å²) in [6.45, 7) is 2.98. The molecule has 0 amide bonds. The fourth-order valence-corrected chi connectivity index (χ4v) is 1.94. The van der Waals surface area contributed by atoms with E-state index in [4.69, 9.17) is 0 Å². The van der Waals surface area contributed by atoms with Crippen LogP contribution in [0.5, 0.6) is 0 Å². The average molecular weight is 280 g/mol. The van der Waals surface area contributed by atoms with E-state index in [1.807, 2.05) is 36.4 Å². The van der Waals surface area contributed by atoms with Gasteiger partial charge in [-0.2, -0.15) is 5.10 Å². The first kappa shape index (κ1) is 13.2. The summed E-state index contributed by atoms with van der Waals surface area (Å²) in [6.07, 6.45) is 4.15. The minimum absolute atomic E-state index is 0.669. The predicted octanol–water partition coefficient (Wildman–Crippen LogP) is 2.55. The quantitative estimate of drug-likeness (QED) is 0.778. The molecule has 3 aromatic rings. The van der Waals surface area contributed by atoms with Gasteiger partial charge in [-0.25, -0.2) is 19.6 Å². The SMILES string of the molecule is CCCNc1cc(-n2cncn2)nc(-c2ccccc2)n1. The van der Waals surface area contributed by atoms with Crippen LogP contribution < -0.4 is 5.32 Å². The molecule has 6 heteroatoms. The molecule has 21 heavy (non-hydrogen) atoms. The minimum Gasteiger partial charge on any atom is -0.370 e. The van der Waals surface area contributed by atoms with Gasteiger partial charge in [-0.1, -0.05) is 37.3 Å². The Morgan fingerprint density at radius 3 is 2.71 bits per heavy atom. The second kappa shape index (κ2) is 6.13. The predicted molar refractivity (Wildman–Crippen MR) is 81.2 cm³/mol. The Hall–Kier alpha value is -2.76. The lowest BCUT2D eigenvalue weighted by Gasteiger charge is -2.09. The van der Waals surface area contributed by atoms with Crippen molar-refractivity contribution in [1.82, 2.24) is 24.7 Å². The summed E-state index contributed by atoms with van der Waals surface area (Å²) >= 11 is 0. The molecule has 6 nitrogen and oxygen atoms in total. The van der Waals surface area contributed by atoms with Gasteiger partial charge >= 0.3 is 0 Å². The number of nitrogens with one attached hydrogen (secondary N) is 1. The van der Waals surface area contributed by atoms with Crippen molar-refractivity contribution in [2.45, 2.75) is 13.3 Å². The Labute approximate surface area is 122 Å². The molecule has 0 unspecified atom stereocenters. The molecule has 0 spiro atoms. The third-order valence-corrected chi connectivity index (χ3v) is 2.95. The molecule has 0 saturated carbocycles. The van der Waals surface area contributed by atoms with Gasteiger partial charge in [0.25, 0.3) is 0 Å². The van der Waals surface area contributed by atoms with E-state index in [-0.39, 0.29) is 0 Å². The highest BCUT2D eigenvalue weighted by atomic mass is 15.3. The summed E-state index contributed by atoms with van der Waals surface area (Å²) in [7, 11) is 0. The maximum absolute atomic E-state index is 4.57. The Balaban J connectivity index is 2.05. The molecule has 0 aliphatic heterocycles. The molecule has 2 aromatic heterocycles. The standard InChI is InChI=1S/C15H16N6/c1-2-8-17-13-9-14(21-11-16-10-18-21)20-15(19-13)12-6-4-3-5-7-12/h3-7,9-11H,2,8H2,1H3,(H,17,19,20). The molecule has 0 atom stereocenters. The zero-order valence-electron chi connectivity index (χ0n) is 11.8. The van der Waals surface area contributed by atoms with Crippen LogP contribution in [-0.4, -0.2) is 31.3 Å². The van der Waals surface area contributed by atoms with Crippen molar-refractivity contribution in [2.75, 3.05) is 11.9 Å².